The molecule has 3 heteroatoms. The van der Waals surface area contributed by atoms with Gasteiger partial charge >= 0.3 is 0 Å². The molecule has 0 spiro atoms. The van der Waals surface area contributed by atoms with E-state index in [0.717, 1.165) is 18.8 Å². The molecule has 0 atom stereocenters. The summed E-state index contributed by atoms with van der Waals surface area (Å²) in [7, 11) is 1.88. The highest BCUT2D eigenvalue weighted by atomic mass is 16.2. The molecule has 0 bridgehead atoms. The van der Waals surface area contributed by atoms with Gasteiger partial charge in [-0.1, -0.05) is 6.92 Å². The second kappa shape index (κ2) is 5.17. The summed E-state index contributed by atoms with van der Waals surface area (Å²) in [4.78, 5) is 14.1. The van der Waals surface area contributed by atoms with Gasteiger partial charge in [-0.3, -0.25) is 4.79 Å². The van der Waals surface area contributed by atoms with Crippen LogP contribution in [0.15, 0.2) is 0 Å². The smallest absolute Gasteiger partial charge is 0.225 e. The number of hydrogen-bond donors (Lipinski definition) is 1. The van der Waals surface area contributed by atoms with Crippen molar-refractivity contribution in [1.29, 1.82) is 0 Å². The minimum absolute atomic E-state index is 0.222. The predicted octanol–water partition coefficient (Wildman–Crippen LogP) is 2.01. The fraction of sp³-hybridized carbons (Fsp3) is 0.923. The lowest BCUT2D eigenvalue weighted by Crippen LogP contribution is -2.52. The molecule has 0 radical (unpaired) electrons. The van der Waals surface area contributed by atoms with Gasteiger partial charge in [0.15, 0.2) is 0 Å². The Bertz CT molecular complexity index is 242. The highest BCUT2D eigenvalue weighted by Gasteiger charge is 2.32. The lowest BCUT2D eigenvalue weighted by atomic mass is 9.82. The highest BCUT2D eigenvalue weighted by molar-refractivity contribution is 5.79. The predicted molar refractivity (Wildman–Crippen MR) is 67.0 cm³/mol. The molecule has 1 rings (SSSR count). The first-order chi connectivity index (χ1) is 7.38. The molecule has 1 aliphatic rings. The third-order valence-electron chi connectivity index (χ3n) is 4.10. The molecule has 0 aromatic rings. The van der Waals surface area contributed by atoms with Crippen LogP contribution < -0.4 is 5.73 Å². The Morgan fingerprint density at radius 2 is 1.81 bits per heavy atom. The summed E-state index contributed by atoms with van der Waals surface area (Å²) in [5.74, 6) is 1.30. The van der Waals surface area contributed by atoms with Gasteiger partial charge in [0.05, 0.1) is 0 Å². The SMILES string of the molecule is CC1CCC(C(=O)N(C)C(C)(C)CN)CC1. The summed E-state index contributed by atoms with van der Waals surface area (Å²) in [6, 6.07) is 0. The van der Waals surface area contributed by atoms with Crippen LogP contribution >= 0.6 is 0 Å². The molecule has 1 saturated carbocycles. The number of rotatable bonds is 3. The van der Waals surface area contributed by atoms with Crippen molar-refractivity contribution in [2.75, 3.05) is 13.6 Å². The largest absolute Gasteiger partial charge is 0.339 e. The molecule has 0 aromatic heterocycles. The van der Waals surface area contributed by atoms with Crippen molar-refractivity contribution >= 4 is 5.91 Å². The molecule has 0 aliphatic heterocycles. The van der Waals surface area contributed by atoms with E-state index in [2.05, 4.69) is 6.92 Å². The van der Waals surface area contributed by atoms with Crippen LogP contribution in [0.2, 0.25) is 0 Å². The second-order valence-corrected chi connectivity index (χ2v) is 5.87. The van der Waals surface area contributed by atoms with Crippen molar-refractivity contribution in [2.45, 2.75) is 52.0 Å². The molecule has 0 unspecified atom stereocenters. The molecule has 0 aromatic carbocycles. The van der Waals surface area contributed by atoms with Crippen LogP contribution in [-0.2, 0) is 4.79 Å². The quantitative estimate of drug-likeness (QED) is 0.800. The molecular formula is C13H26N2O. The zero-order chi connectivity index (χ0) is 12.3. The third-order valence-corrected chi connectivity index (χ3v) is 4.10. The van der Waals surface area contributed by atoms with Crippen molar-refractivity contribution < 1.29 is 4.79 Å². The van der Waals surface area contributed by atoms with Crippen LogP contribution in [0.5, 0.6) is 0 Å². The first-order valence-electron chi connectivity index (χ1n) is 6.36. The Kier molecular flexibility index (Phi) is 4.36. The fourth-order valence-electron chi connectivity index (χ4n) is 2.22. The van der Waals surface area contributed by atoms with Gasteiger partial charge in [-0.05, 0) is 45.4 Å². The average Bonchev–Trinajstić information content (AvgIpc) is 2.28. The molecule has 0 saturated heterocycles. The van der Waals surface area contributed by atoms with Gasteiger partial charge in [-0.15, -0.1) is 0 Å². The Hall–Kier alpha value is -0.570. The first kappa shape index (κ1) is 13.5. The second-order valence-electron chi connectivity index (χ2n) is 5.87. The van der Waals surface area contributed by atoms with Gasteiger partial charge in [0.2, 0.25) is 5.91 Å². The number of carbonyl (C=O) groups is 1. The Labute approximate surface area is 99.4 Å². The van der Waals surface area contributed by atoms with Crippen molar-refractivity contribution in [3.63, 3.8) is 0 Å². The monoisotopic (exact) mass is 226 g/mol. The average molecular weight is 226 g/mol. The van der Waals surface area contributed by atoms with Crippen LogP contribution in [-0.4, -0.2) is 29.9 Å². The Balaban J connectivity index is 2.57. The highest BCUT2D eigenvalue weighted by Crippen LogP contribution is 2.30. The minimum Gasteiger partial charge on any atom is -0.339 e. The summed E-state index contributed by atoms with van der Waals surface area (Å²) in [6.45, 7) is 6.83. The molecule has 94 valence electrons. The van der Waals surface area contributed by atoms with E-state index in [0.29, 0.717) is 6.54 Å². The summed E-state index contributed by atoms with van der Waals surface area (Å²) < 4.78 is 0. The lowest BCUT2D eigenvalue weighted by Gasteiger charge is -2.38. The zero-order valence-electron chi connectivity index (χ0n) is 11.1. The first-order valence-corrected chi connectivity index (χ1v) is 6.36. The van der Waals surface area contributed by atoms with E-state index in [4.69, 9.17) is 5.73 Å². The summed E-state index contributed by atoms with van der Waals surface area (Å²) in [5.41, 5.74) is 5.48. The Morgan fingerprint density at radius 3 is 2.25 bits per heavy atom. The normalized spacial score (nSPS) is 26.6. The number of nitrogens with two attached hydrogens (primary N) is 1. The van der Waals surface area contributed by atoms with Gasteiger partial charge in [-0.2, -0.15) is 0 Å². The number of carbonyl (C=O) groups excluding carboxylic acids is 1. The summed E-state index contributed by atoms with van der Waals surface area (Å²) in [5, 5.41) is 0. The standard InChI is InChI=1S/C13H26N2O/c1-10-5-7-11(8-6-10)12(16)15(4)13(2,3)9-14/h10-11H,5-9,14H2,1-4H3. The van der Waals surface area contributed by atoms with Crippen molar-refractivity contribution in [3.05, 3.63) is 0 Å². The maximum absolute atomic E-state index is 12.3. The van der Waals surface area contributed by atoms with Crippen LogP contribution in [0.25, 0.3) is 0 Å². The van der Waals surface area contributed by atoms with Crippen molar-refractivity contribution in [2.24, 2.45) is 17.6 Å². The van der Waals surface area contributed by atoms with Gasteiger partial charge in [0.1, 0.15) is 0 Å². The maximum atomic E-state index is 12.3. The summed E-state index contributed by atoms with van der Waals surface area (Å²) in [6.07, 6.45) is 4.47. The minimum atomic E-state index is -0.222. The van der Waals surface area contributed by atoms with Crippen molar-refractivity contribution in [3.8, 4) is 0 Å². The van der Waals surface area contributed by atoms with E-state index >= 15 is 0 Å². The van der Waals surface area contributed by atoms with Gasteiger partial charge < -0.3 is 10.6 Å². The van der Waals surface area contributed by atoms with Crippen LogP contribution in [0.1, 0.15) is 46.5 Å². The molecular weight excluding hydrogens is 200 g/mol. The van der Waals surface area contributed by atoms with Gasteiger partial charge in [-0.25, -0.2) is 0 Å². The molecule has 1 fully saturated rings. The zero-order valence-corrected chi connectivity index (χ0v) is 11.1. The van der Waals surface area contributed by atoms with Crippen LogP contribution in [0, 0.1) is 11.8 Å². The molecule has 2 N–H and O–H groups in total. The van der Waals surface area contributed by atoms with E-state index < -0.39 is 0 Å². The molecule has 1 aliphatic carbocycles. The van der Waals surface area contributed by atoms with Gasteiger partial charge in [0, 0.05) is 25.0 Å². The van der Waals surface area contributed by atoms with Crippen molar-refractivity contribution in [1.82, 2.24) is 4.90 Å². The molecule has 16 heavy (non-hydrogen) atoms. The van der Waals surface area contributed by atoms with E-state index in [1.54, 1.807) is 0 Å². The lowest BCUT2D eigenvalue weighted by molar-refractivity contribution is -0.140. The summed E-state index contributed by atoms with van der Waals surface area (Å²) >= 11 is 0. The van der Waals surface area contributed by atoms with E-state index in [-0.39, 0.29) is 17.4 Å². The molecule has 1 amide bonds. The van der Waals surface area contributed by atoms with Gasteiger partial charge in [0.25, 0.3) is 0 Å². The number of nitrogens with zero attached hydrogens (tertiary/aromatic N) is 1. The van der Waals surface area contributed by atoms with E-state index in [9.17, 15) is 4.79 Å². The number of hydrogen-bond acceptors (Lipinski definition) is 2. The third kappa shape index (κ3) is 2.97. The maximum Gasteiger partial charge on any atom is 0.225 e. The van der Waals surface area contributed by atoms with E-state index in [1.165, 1.54) is 12.8 Å². The molecule has 3 nitrogen and oxygen atoms in total. The van der Waals surface area contributed by atoms with Crippen LogP contribution in [0.3, 0.4) is 0 Å². The Morgan fingerprint density at radius 1 is 1.31 bits per heavy atom. The number of likely N-dealkylation sites (N-methyl/N-ethyl adjacent to an activating group) is 1. The topological polar surface area (TPSA) is 46.3 Å². The number of amides is 1. The molecule has 0 heterocycles. The van der Waals surface area contributed by atoms with E-state index in [1.807, 2.05) is 25.8 Å². The fourth-order valence-corrected chi connectivity index (χ4v) is 2.22. The van der Waals surface area contributed by atoms with Crippen LogP contribution in [0.4, 0.5) is 0 Å².